The standard InChI is InChI=1S/C48H55FN2O8/c1-4-26-57-48-44(51(47(54)56-5-2)31-32-16-19-36(49)20-17-32)30-42(50-55-3)40-28-35(14-8-10-24-52)39(15-9-11-25-53)45(46(40)48)41-29-38(22-23-43(41)59-48)58-37-21-18-33-12-6-7-13-34(33)27-37/h4,6-7,12-13,16-23,27-29,35,39,44-46,52-53H,1,5,8-11,14-15,24-26,30-31H2,2-3H3. The Bertz CT molecular complexity index is 2140. The lowest BCUT2D eigenvalue weighted by molar-refractivity contribution is -0.256. The van der Waals surface area contributed by atoms with Gasteiger partial charge < -0.3 is 34.0 Å². The monoisotopic (exact) mass is 806 g/mol. The van der Waals surface area contributed by atoms with Crippen molar-refractivity contribution in [1.82, 2.24) is 4.90 Å². The van der Waals surface area contributed by atoms with E-state index >= 15 is 0 Å². The van der Waals surface area contributed by atoms with Crippen LogP contribution in [-0.2, 0) is 20.9 Å². The second-order valence-corrected chi connectivity index (χ2v) is 15.5. The molecule has 1 heterocycles. The highest BCUT2D eigenvalue weighted by molar-refractivity contribution is 6.03. The Kier molecular flexibility index (Phi) is 13.7. The van der Waals surface area contributed by atoms with Gasteiger partial charge in [-0.1, -0.05) is 72.6 Å². The Morgan fingerprint density at radius 3 is 2.42 bits per heavy atom. The third-order valence-electron chi connectivity index (χ3n) is 11.9. The van der Waals surface area contributed by atoms with Crippen LogP contribution in [0.25, 0.3) is 10.8 Å². The first-order valence-electron chi connectivity index (χ1n) is 20.8. The first-order chi connectivity index (χ1) is 28.8. The number of aliphatic hydroxyl groups excluding tert-OH is 2. The molecule has 0 radical (unpaired) electrons. The number of ether oxygens (including phenoxy) is 4. The molecule has 2 N–H and O–H groups in total. The van der Waals surface area contributed by atoms with Crippen LogP contribution in [0.4, 0.5) is 9.18 Å². The molecule has 10 nitrogen and oxygen atoms in total. The topological polar surface area (TPSA) is 119 Å². The molecule has 1 fully saturated rings. The quantitative estimate of drug-likeness (QED) is 0.0580. The minimum atomic E-state index is -1.47. The average Bonchev–Trinajstić information content (AvgIpc) is 3.24. The summed E-state index contributed by atoms with van der Waals surface area (Å²) in [5.41, 5.74) is 3.22. The first kappa shape index (κ1) is 41.9. The zero-order valence-corrected chi connectivity index (χ0v) is 33.9. The number of benzene rings is 4. The number of unbranched alkanes of at least 4 members (excludes halogenated alkanes) is 2. The normalized spacial score (nSPS) is 23.7. The summed E-state index contributed by atoms with van der Waals surface area (Å²) in [6.07, 6.45) is 8.14. The fraction of sp³-hybridized carbons (Fsp3) is 0.417. The molecule has 59 heavy (non-hydrogen) atoms. The van der Waals surface area contributed by atoms with E-state index in [1.165, 1.54) is 19.2 Å². The summed E-state index contributed by atoms with van der Waals surface area (Å²) in [5.74, 6) is -0.530. The van der Waals surface area contributed by atoms with E-state index in [0.717, 1.165) is 47.6 Å². The maximum absolute atomic E-state index is 14.3. The predicted molar refractivity (Wildman–Crippen MR) is 225 cm³/mol. The Balaban J connectivity index is 1.43. The maximum atomic E-state index is 14.3. The van der Waals surface area contributed by atoms with Gasteiger partial charge in [0.15, 0.2) is 0 Å². The first-order valence-corrected chi connectivity index (χ1v) is 20.8. The van der Waals surface area contributed by atoms with Crippen molar-refractivity contribution in [3.63, 3.8) is 0 Å². The highest BCUT2D eigenvalue weighted by atomic mass is 19.1. The number of fused-ring (bicyclic) bond motifs is 3. The largest absolute Gasteiger partial charge is 0.459 e. The molecule has 0 aromatic heterocycles. The average molecular weight is 807 g/mol. The van der Waals surface area contributed by atoms with Crippen LogP contribution < -0.4 is 9.47 Å². The molecule has 1 aliphatic heterocycles. The lowest BCUT2D eigenvalue weighted by Gasteiger charge is -2.59. The molecule has 0 spiro atoms. The molecular formula is C48H55FN2O8. The highest BCUT2D eigenvalue weighted by Gasteiger charge is 2.65. The van der Waals surface area contributed by atoms with Gasteiger partial charge in [-0.05, 0) is 109 Å². The number of carbonyl (C=O) groups excluding carboxylic acids is 1. The Hall–Kier alpha value is -5.23. The minimum absolute atomic E-state index is 0.0370. The number of hydrogen-bond donors (Lipinski definition) is 2. The van der Waals surface area contributed by atoms with E-state index in [1.807, 2.05) is 42.5 Å². The number of carbonyl (C=O) groups is 1. The second kappa shape index (κ2) is 19.2. The second-order valence-electron chi connectivity index (χ2n) is 15.5. The van der Waals surface area contributed by atoms with Gasteiger partial charge in [0.25, 0.3) is 0 Å². The molecule has 7 rings (SSSR count). The molecule has 6 unspecified atom stereocenters. The van der Waals surface area contributed by atoms with Crippen molar-refractivity contribution in [3.05, 3.63) is 126 Å². The molecule has 11 heteroatoms. The van der Waals surface area contributed by atoms with E-state index in [9.17, 15) is 19.4 Å². The Labute approximate surface area is 345 Å². The van der Waals surface area contributed by atoms with E-state index in [2.05, 4.69) is 36.0 Å². The maximum Gasteiger partial charge on any atom is 0.410 e. The number of aliphatic hydroxyl groups is 2. The summed E-state index contributed by atoms with van der Waals surface area (Å²) < 4.78 is 40.8. The molecule has 0 bridgehead atoms. The Morgan fingerprint density at radius 2 is 1.69 bits per heavy atom. The van der Waals surface area contributed by atoms with Crippen LogP contribution in [0.5, 0.6) is 17.2 Å². The summed E-state index contributed by atoms with van der Waals surface area (Å²) in [6, 6.07) is 25.3. The number of rotatable bonds is 18. The molecule has 1 amide bonds. The smallest absolute Gasteiger partial charge is 0.410 e. The SMILES string of the molecule is C=CCOC12Oc3ccc(Oc4ccc5ccccc5c4)cc3C3C(CCCCO)C(CCCCO)C=C(C(=NOC)CC1N(Cc1ccc(F)cc1)C(=O)OCC)C32. The number of halogens is 1. The number of allylic oxidation sites excluding steroid dienone is 1. The van der Waals surface area contributed by atoms with Crippen molar-refractivity contribution in [2.24, 2.45) is 22.9 Å². The summed E-state index contributed by atoms with van der Waals surface area (Å²) >= 11 is 0. The van der Waals surface area contributed by atoms with E-state index < -0.39 is 23.8 Å². The highest BCUT2D eigenvalue weighted by Crippen LogP contribution is 2.62. The summed E-state index contributed by atoms with van der Waals surface area (Å²) in [7, 11) is 1.51. The third kappa shape index (κ3) is 8.88. The van der Waals surface area contributed by atoms with Gasteiger partial charge >= 0.3 is 6.09 Å². The fourth-order valence-corrected chi connectivity index (χ4v) is 9.48. The molecule has 4 aromatic rings. The fourth-order valence-electron chi connectivity index (χ4n) is 9.48. The molecule has 2 aliphatic carbocycles. The van der Waals surface area contributed by atoms with Crippen LogP contribution in [0, 0.1) is 23.6 Å². The van der Waals surface area contributed by atoms with Gasteiger partial charge in [0, 0.05) is 37.7 Å². The van der Waals surface area contributed by atoms with E-state index in [1.54, 1.807) is 30.0 Å². The molecule has 6 atom stereocenters. The van der Waals surface area contributed by atoms with E-state index in [-0.39, 0.29) is 63.0 Å². The number of hydrogen-bond acceptors (Lipinski definition) is 9. The van der Waals surface area contributed by atoms with Crippen LogP contribution in [-0.4, -0.2) is 72.3 Å². The van der Waals surface area contributed by atoms with Gasteiger partial charge in [0.1, 0.15) is 36.2 Å². The minimum Gasteiger partial charge on any atom is -0.459 e. The van der Waals surface area contributed by atoms with Crippen LogP contribution in [0.1, 0.15) is 68.9 Å². The van der Waals surface area contributed by atoms with Crippen LogP contribution in [0.2, 0.25) is 0 Å². The zero-order valence-electron chi connectivity index (χ0n) is 33.9. The number of oxime groups is 1. The molecular weight excluding hydrogens is 752 g/mol. The lowest BCUT2D eigenvalue weighted by atomic mass is 9.55. The van der Waals surface area contributed by atoms with Gasteiger partial charge in [0.2, 0.25) is 5.79 Å². The van der Waals surface area contributed by atoms with Gasteiger partial charge in [0.05, 0.1) is 24.8 Å². The molecule has 1 saturated carbocycles. The van der Waals surface area contributed by atoms with Crippen molar-refractivity contribution in [3.8, 4) is 17.2 Å². The van der Waals surface area contributed by atoms with Crippen molar-refractivity contribution in [1.29, 1.82) is 0 Å². The molecule has 3 aliphatic rings. The number of amides is 1. The summed E-state index contributed by atoms with van der Waals surface area (Å²) in [4.78, 5) is 21.4. The Morgan fingerprint density at radius 1 is 0.966 bits per heavy atom. The van der Waals surface area contributed by atoms with E-state index in [4.69, 9.17) is 23.8 Å². The van der Waals surface area contributed by atoms with Gasteiger partial charge in [-0.15, -0.1) is 6.58 Å². The van der Waals surface area contributed by atoms with Crippen molar-refractivity contribution in [2.75, 3.05) is 33.5 Å². The summed E-state index contributed by atoms with van der Waals surface area (Å²) in [5, 5.41) is 26.6. The van der Waals surface area contributed by atoms with Crippen molar-refractivity contribution in [2.45, 2.75) is 76.2 Å². The molecule has 312 valence electrons. The number of nitrogens with zero attached hydrogens (tertiary/aromatic N) is 2. The molecule has 4 aromatic carbocycles. The predicted octanol–water partition coefficient (Wildman–Crippen LogP) is 9.69. The van der Waals surface area contributed by atoms with Gasteiger partial charge in [-0.25, -0.2) is 9.18 Å². The van der Waals surface area contributed by atoms with Gasteiger partial charge in [-0.3, -0.25) is 4.90 Å². The van der Waals surface area contributed by atoms with Crippen LogP contribution >= 0.6 is 0 Å². The molecule has 0 saturated heterocycles. The summed E-state index contributed by atoms with van der Waals surface area (Å²) in [6.45, 7) is 6.27. The van der Waals surface area contributed by atoms with E-state index in [0.29, 0.717) is 41.4 Å². The van der Waals surface area contributed by atoms with Crippen molar-refractivity contribution < 1.29 is 43.2 Å². The lowest BCUT2D eigenvalue weighted by Crippen LogP contribution is -2.70. The van der Waals surface area contributed by atoms with Crippen molar-refractivity contribution >= 4 is 22.6 Å². The third-order valence-corrected chi connectivity index (χ3v) is 11.9. The van der Waals surface area contributed by atoms with Crippen LogP contribution in [0.15, 0.2) is 114 Å². The zero-order chi connectivity index (χ0) is 41.4. The van der Waals surface area contributed by atoms with Crippen LogP contribution in [0.3, 0.4) is 0 Å². The van der Waals surface area contributed by atoms with Gasteiger partial charge in [-0.2, -0.15) is 0 Å².